The van der Waals surface area contributed by atoms with Crippen LogP contribution in [0.15, 0.2) is 28.4 Å². The van der Waals surface area contributed by atoms with E-state index in [1.807, 2.05) is 13.8 Å². The predicted octanol–water partition coefficient (Wildman–Crippen LogP) is 5.39. The molecule has 1 aromatic rings. The molecule has 0 spiro atoms. The van der Waals surface area contributed by atoms with E-state index < -0.39 is 5.41 Å². The molecule has 0 amide bonds. The quantitative estimate of drug-likeness (QED) is 0.693. The standard InChI is InChI=1S/C19H19Cl2NO2S/c1-19(2)5-3-12-15(18(19)24)14(17-13(22-12)4-6-25-17)10-7-9(20)8-11(21)16(10)23/h7-8,14,17,23H,3-6H2,1-2H3. The molecule has 0 radical (unpaired) electrons. The molecule has 1 aliphatic carbocycles. The average Bonchev–Trinajstić information content (AvgIpc) is 3.01. The van der Waals surface area contributed by atoms with Crippen LogP contribution in [-0.4, -0.2) is 27.6 Å². The number of halogens is 2. The van der Waals surface area contributed by atoms with Gasteiger partial charge in [-0.25, -0.2) is 0 Å². The fraction of sp³-hybridized carbons (Fsp3) is 0.474. The number of hydrogen-bond acceptors (Lipinski definition) is 4. The summed E-state index contributed by atoms with van der Waals surface area (Å²) in [5.41, 5.74) is 2.98. The Morgan fingerprint density at radius 3 is 2.80 bits per heavy atom. The SMILES string of the molecule is CC1(C)CCC2=C(C1=O)C(c1cc(Cl)cc(Cl)c1O)C1SCCC1=N2. The van der Waals surface area contributed by atoms with Gasteiger partial charge in [0.25, 0.3) is 0 Å². The molecule has 0 aromatic heterocycles. The van der Waals surface area contributed by atoms with Crippen molar-refractivity contribution in [3.8, 4) is 5.75 Å². The fourth-order valence-electron chi connectivity index (χ4n) is 4.01. The Bertz CT molecular complexity index is 844. The molecule has 1 aromatic carbocycles. The van der Waals surface area contributed by atoms with Crippen LogP contribution in [0.1, 0.15) is 44.6 Å². The summed E-state index contributed by atoms with van der Waals surface area (Å²) in [7, 11) is 0. The van der Waals surface area contributed by atoms with Gasteiger partial charge in [0.2, 0.25) is 0 Å². The topological polar surface area (TPSA) is 49.7 Å². The second-order valence-corrected chi connectivity index (χ2v) is 9.61. The van der Waals surface area contributed by atoms with Crippen LogP contribution in [0.4, 0.5) is 0 Å². The summed E-state index contributed by atoms with van der Waals surface area (Å²) in [6.45, 7) is 3.98. The zero-order valence-corrected chi connectivity index (χ0v) is 16.4. The van der Waals surface area contributed by atoms with Crippen LogP contribution in [-0.2, 0) is 4.79 Å². The number of thioether (sulfide) groups is 1. The molecule has 1 fully saturated rings. The molecule has 2 unspecified atom stereocenters. The Balaban J connectivity index is 1.94. The Kier molecular flexibility index (Phi) is 4.21. The number of phenols is 1. The van der Waals surface area contributed by atoms with Crippen LogP contribution >= 0.6 is 35.0 Å². The smallest absolute Gasteiger partial charge is 0.166 e. The molecule has 4 rings (SSSR count). The van der Waals surface area contributed by atoms with Gasteiger partial charge in [0.1, 0.15) is 5.75 Å². The maximum atomic E-state index is 13.3. The van der Waals surface area contributed by atoms with Crippen LogP contribution in [0, 0.1) is 5.41 Å². The fourth-order valence-corrected chi connectivity index (χ4v) is 5.94. The number of benzene rings is 1. The lowest BCUT2D eigenvalue weighted by molar-refractivity contribution is -0.124. The van der Waals surface area contributed by atoms with Gasteiger partial charge in [0.15, 0.2) is 5.78 Å². The monoisotopic (exact) mass is 395 g/mol. The second kappa shape index (κ2) is 6.04. The molecule has 1 N–H and O–H groups in total. The number of hydrogen-bond donors (Lipinski definition) is 1. The van der Waals surface area contributed by atoms with Gasteiger partial charge in [-0.2, -0.15) is 11.8 Å². The molecule has 3 aliphatic rings. The number of carbonyl (C=O) groups is 1. The van der Waals surface area contributed by atoms with Crippen molar-refractivity contribution >= 4 is 46.5 Å². The normalized spacial score (nSPS) is 27.8. The summed E-state index contributed by atoms with van der Waals surface area (Å²) in [6.07, 6.45) is 2.52. The van der Waals surface area contributed by atoms with Gasteiger partial charge in [0.05, 0.1) is 10.3 Å². The minimum atomic E-state index is -0.411. The molecular formula is C19H19Cl2NO2S. The van der Waals surface area contributed by atoms with Crippen molar-refractivity contribution < 1.29 is 9.90 Å². The molecule has 0 saturated carbocycles. The van der Waals surface area contributed by atoms with Gasteiger partial charge in [-0.3, -0.25) is 9.79 Å². The van der Waals surface area contributed by atoms with E-state index in [1.165, 1.54) is 6.07 Å². The molecule has 132 valence electrons. The first-order chi connectivity index (χ1) is 11.8. The van der Waals surface area contributed by atoms with E-state index >= 15 is 0 Å². The highest BCUT2D eigenvalue weighted by Crippen LogP contribution is 2.53. The van der Waals surface area contributed by atoms with E-state index in [-0.39, 0.29) is 27.7 Å². The molecular weight excluding hydrogens is 377 g/mol. The van der Waals surface area contributed by atoms with Gasteiger partial charge < -0.3 is 5.11 Å². The van der Waals surface area contributed by atoms with Crippen molar-refractivity contribution in [2.24, 2.45) is 10.4 Å². The second-order valence-electron chi connectivity index (χ2n) is 7.52. The van der Waals surface area contributed by atoms with E-state index in [2.05, 4.69) is 0 Å². The number of rotatable bonds is 1. The van der Waals surface area contributed by atoms with E-state index in [1.54, 1.807) is 17.8 Å². The van der Waals surface area contributed by atoms with Crippen molar-refractivity contribution in [1.82, 2.24) is 0 Å². The molecule has 0 bridgehead atoms. The van der Waals surface area contributed by atoms with E-state index in [0.717, 1.165) is 42.0 Å². The van der Waals surface area contributed by atoms with E-state index in [0.29, 0.717) is 10.6 Å². The molecule has 2 aliphatic heterocycles. The summed E-state index contributed by atoms with van der Waals surface area (Å²) in [5, 5.41) is 11.4. The van der Waals surface area contributed by atoms with Crippen molar-refractivity contribution in [3.63, 3.8) is 0 Å². The summed E-state index contributed by atoms with van der Waals surface area (Å²) in [5.74, 6) is 0.892. The lowest BCUT2D eigenvalue weighted by Crippen LogP contribution is -2.38. The highest BCUT2D eigenvalue weighted by Gasteiger charge is 2.47. The van der Waals surface area contributed by atoms with Crippen LogP contribution in [0.5, 0.6) is 5.75 Å². The summed E-state index contributed by atoms with van der Waals surface area (Å²) < 4.78 is 0. The van der Waals surface area contributed by atoms with Crippen LogP contribution in [0.25, 0.3) is 0 Å². The third kappa shape index (κ3) is 2.73. The number of allylic oxidation sites excluding steroid dienone is 2. The average molecular weight is 396 g/mol. The summed E-state index contributed by atoms with van der Waals surface area (Å²) >= 11 is 14.2. The first kappa shape index (κ1) is 17.4. The van der Waals surface area contributed by atoms with Crippen molar-refractivity contribution in [2.45, 2.75) is 44.3 Å². The maximum Gasteiger partial charge on any atom is 0.166 e. The molecule has 6 heteroatoms. The minimum Gasteiger partial charge on any atom is -0.506 e. The molecule has 2 atom stereocenters. The van der Waals surface area contributed by atoms with Gasteiger partial charge >= 0.3 is 0 Å². The first-order valence-electron chi connectivity index (χ1n) is 8.44. The van der Waals surface area contributed by atoms with E-state index in [9.17, 15) is 9.90 Å². The number of carbonyl (C=O) groups excluding carboxylic acids is 1. The zero-order chi connectivity index (χ0) is 17.9. The number of phenolic OH excluding ortho intramolecular Hbond substituents is 1. The number of nitrogens with zero attached hydrogens (tertiary/aromatic N) is 1. The van der Waals surface area contributed by atoms with Gasteiger partial charge in [-0.1, -0.05) is 37.0 Å². The Morgan fingerprint density at radius 2 is 2.04 bits per heavy atom. The maximum absolute atomic E-state index is 13.3. The largest absolute Gasteiger partial charge is 0.506 e. The third-order valence-electron chi connectivity index (χ3n) is 5.43. The Hall–Kier alpha value is -0.970. The van der Waals surface area contributed by atoms with Gasteiger partial charge in [0, 0.05) is 38.9 Å². The highest BCUT2D eigenvalue weighted by atomic mass is 35.5. The Labute approximate surface area is 161 Å². The first-order valence-corrected chi connectivity index (χ1v) is 10.2. The lowest BCUT2D eigenvalue weighted by Gasteiger charge is -2.39. The summed E-state index contributed by atoms with van der Waals surface area (Å²) in [6, 6.07) is 3.28. The predicted molar refractivity (Wildman–Crippen MR) is 104 cm³/mol. The Morgan fingerprint density at radius 1 is 1.28 bits per heavy atom. The minimum absolute atomic E-state index is 0.0212. The highest BCUT2D eigenvalue weighted by molar-refractivity contribution is 8.01. The molecule has 2 heterocycles. The zero-order valence-electron chi connectivity index (χ0n) is 14.1. The van der Waals surface area contributed by atoms with Crippen LogP contribution < -0.4 is 0 Å². The third-order valence-corrected chi connectivity index (χ3v) is 7.28. The van der Waals surface area contributed by atoms with Crippen LogP contribution in [0.3, 0.4) is 0 Å². The number of fused-ring (bicyclic) bond motifs is 1. The number of Topliss-reactive ketones (excluding diaryl/α,β-unsaturated/α-hetero) is 1. The molecule has 1 saturated heterocycles. The lowest BCUT2D eigenvalue weighted by atomic mass is 9.68. The number of aliphatic imine (C=N–C) groups is 1. The van der Waals surface area contributed by atoms with Crippen molar-refractivity contribution in [3.05, 3.63) is 39.0 Å². The number of ketones is 1. The summed E-state index contributed by atoms with van der Waals surface area (Å²) in [4.78, 5) is 18.1. The van der Waals surface area contributed by atoms with E-state index in [4.69, 9.17) is 28.2 Å². The number of aromatic hydroxyl groups is 1. The van der Waals surface area contributed by atoms with Crippen LogP contribution in [0.2, 0.25) is 10.0 Å². The molecule has 25 heavy (non-hydrogen) atoms. The van der Waals surface area contributed by atoms with Crippen molar-refractivity contribution in [1.29, 1.82) is 0 Å². The molecule has 3 nitrogen and oxygen atoms in total. The van der Waals surface area contributed by atoms with Gasteiger partial charge in [-0.05, 0) is 37.1 Å². The van der Waals surface area contributed by atoms with Gasteiger partial charge in [-0.15, -0.1) is 0 Å². The van der Waals surface area contributed by atoms with Crippen molar-refractivity contribution in [2.75, 3.05) is 5.75 Å².